The molecule has 5 heteroatoms. The van der Waals surface area contributed by atoms with Gasteiger partial charge >= 0.3 is 0 Å². The molecule has 1 aromatic carbocycles. The molecule has 2 aromatic rings. The number of benzene rings is 1. The van der Waals surface area contributed by atoms with E-state index < -0.39 is 0 Å². The molecule has 1 aliphatic heterocycles. The van der Waals surface area contributed by atoms with Gasteiger partial charge in [-0.25, -0.2) is 0 Å². The molecule has 20 heavy (non-hydrogen) atoms. The minimum Gasteiger partial charge on any atom is -0.392 e. The predicted octanol–water partition coefficient (Wildman–Crippen LogP) is 2.26. The predicted molar refractivity (Wildman–Crippen MR) is 75.2 cm³/mol. The molecule has 0 aliphatic carbocycles. The average molecular weight is 273 g/mol. The molecular formula is C15H19N3O2. The Labute approximate surface area is 118 Å². The Morgan fingerprint density at radius 3 is 2.65 bits per heavy atom. The van der Waals surface area contributed by atoms with Gasteiger partial charge in [-0.2, -0.15) is 4.98 Å². The third-order valence-corrected chi connectivity index (χ3v) is 3.68. The van der Waals surface area contributed by atoms with Crippen LogP contribution in [0.15, 0.2) is 28.8 Å². The van der Waals surface area contributed by atoms with Crippen molar-refractivity contribution in [2.75, 3.05) is 6.54 Å². The first kappa shape index (κ1) is 13.3. The lowest BCUT2D eigenvalue weighted by Crippen LogP contribution is -2.15. The number of β-amino-alcohol motifs (C(OH)–C–C–N with tert-alkyl or cyclic N) is 1. The van der Waals surface area contributed by atoms with E-state index in [1.165, 1.54) is 5.56 Å². The van der Waals surface area contributed by atoms with Crippen molar-refractivity contribution < 1.29 is 9.63 Å². The fraction of sp³-hybridized carbons (Fsp3) is 0.467. The van der Waals surface area contributed by atoms with Gasteiger partial charge in [0.05, 0.1) is 12.1 Å². The summed E-state index contributed by atoms with van der Waals surface area (Å²) in [5.74, 6) is 1.65. The standard InChI is InChI=1S/C15H19N3O2/c1-9(2)10-3-5-11(6-4-10)14-17-15(20-18-14)13-7-12(19)8-16-13/h3-6,9,12-13,16,19H,7-8H2,1-2H3/t12-,13-/m0/s1. The van der Waals surface area contributed by atoms with Gasteiger partial charge in [0.2, 0.25) is 11.7 Å². The Morgan fingerprint density at radius 1 is 1.30 bits per heavy atom. The lowest BCUT2D eigenvalue weighted by Gasteiger charge is -2.04. The van der Waals surface area contributed by atoms with E-state index in [0.29, 0.717) is 30.6 Å². The third kappa shape index (κ3) is 2.59. The van der Waals surface area contributed by atoms with E-state index in [-0.39, 0.29) is 12.1 Å². The molecular weight excluding hydrogens is 254 g/mol. The number of aliphatic hydroxyl groups excluding tert-OH is 1. The van der Waals surface area contributed by atoms with Gasteiger partial charge in [-0.3, -0.25) is 0 Å². The van der Waals surface area contributed by atoms with Crippen molar-refractivity contribution >= 4 is 0 Å². The molecule has 0 saturated carbocycles. The van der Waals surface area contributed by atoms with Crippen LogP contribution in [0.3, 0.4) is 0 Å². The normalized spacial score (nSPS) is 22.6. The van der Waals surface area contributed by atoms with Crippen LogP contribution in [-0.2, 0) is 0 Å². The van der Waals surface area contributed by atoms with Crippen molar-refractivity contribution in [2.45, 2.75) is 38.3 Å². The Kier molecular flexibility index (Phi) is 3.54. The molecule has 1 aromatic heterocycles. The summed E-state index contributed by atoms with van der Waals surface area (Å²) >= 11 is 0. The SMILES string of the molecule is CC(C)c1ccc(-c2noc([C@@H]3C[C@H](O)CN3)n2)cc1. The number of nitrogens with one attached hydrogen (secondary N) is 1. The van der Waals surface area contributed by atoms with Crippen LogP contribution in [0, 0.1) is 0 Å². The summed E-state index contributed by atoms with van der Waals surface area (Å²) in [4.78, 5) is 4.42. The zero-order valence-corrected chi connectivity index (χ0v) is 11.7. The maximum absolute atomic E-state index is 9.51. The highest BCUT2D eigenvalue weighted by molar-refractivity contribution is 5.54. The first-order chi connectivity index (χ1) is 9.63. The molecule has 0 amide bonds. The molecule has 5 nitrogen and oxygen atoms in total. The van der Waals surface area contributed by atoms with Gasteiger partial charge < -0.3 is 14.9 Å². The van der Waals surface area contributed by atoms with Gasteiger partial charge in [-0.15, -0.1) is 0 Å². The van der Waals surface area contributed by atoms with Crippen LogP contribution in [0.4, 0.5) is 0 Å². The maximum Gasteiger partial charge on any atom is 0.244 e. The van der Waals surface area contributed by atoms with Crippen molar-refractivity contribution in [1.29, 1.82) is 0 Å². The summed E-state index contributed by atoms with van der Waals surface area (Å²) in [6.45, 7) is 4.91. The molecule has 0 radical (unpaired) electrons. The number of hydrogen-bond acceptors (Lipinski definition) is 5. The Morgan fingerprint density at radius 2 is 2.05 bits per heavy atom. The fourth-order valence-corrected chi connectivity index (χ4v) is 2.42. The van der Waals surface area contributed by atoms with E-state index in [1.807, 2.05) is 12.1 Å². The van der Waals surface area contributed by atoms with Crippen LogP contribution in [0.5, 0.6) is 0 Å². The summed E-state index contributed by atoms with van der Waals surface area (Å²) < 4.78 is 5.29. The minimum absolute atomic E-state index is 0.0406. The first-order valence-electron chi connectivity index (χ1n) is 6.99. The van der Waals surface area contributed by atoms with E-state index in [9.17, 15) is 5.11 Å². The Hall–Kier alpha value is -1.72. The van der Waals surface area contributed by atoms with E-state index >= 15 is 0 Å². The van der Waals surface area contributed by atoms with Crippen molar-refractivity contribution in [3.05, 3.63) is 35.7 Å². The van der Waals surface area contributed by atoms with Gasteiger partial charge in [0.25, 0.3) is 0 Å². The molecule has 2 heterocycles. The number of aliphatic hydroxyl groups is 1. The first-order valence-corrected chi connectivity index (χ1v) is 6.99. The average Bonchev–Trinajstić information content (AvgIpc) is 3.07. The fourth-order valence-electron chi connectivity index (χ4n) is 2.42. The van der Waals surface area contributed by atoms with Crippen molar-refractivity contribution in [1.82, 2.24) is 15.5 Å². The van der Waals surface area contributed by atoms with Crippen LogP contribution in [0.25, 0.3) is 11.4 Å². The van der Waals surface area contributed by atoms with E-state index in [4.69, 9.17) is 4.52 Å². The molecule has 106 valence electrons. The number of rotatable bonds is 3. The van der Waals surface area contributed by atoms with Gasteiger partial charge in [-0.05, 0) is 17.9 Å². The van der Waals surface area contributed by atoms with Crippen molar-refractivity contribution in [2.24, 2.45) is 0 Å². The summed E-state index contributed by atoms with van der Waals surface area (Å²) in [6.07, 6.45) is 0.286. The number of aromatic nitrogens is 2. The number of nitrogens with zero attached hydrogens (tertiary/aromatic N) is 2. The second-order valence-electron chi connectivity index (χ2n) is 5.58. The highest BCUT2D eigenvalue weighted by atomic mass is 16.5. The molecule has 0 bridgehead atoms. The molecule has 3 rings (SSSR count). The van der Waals surface area contributed by atoms with E-state index in [2.05, 4.69) is 41.4 Å². The monoisotopic (exact) mass is 273 g/mol. The Bertz CT molecular complexity index is 577. The molecule has 1 saturated heterocycles. The van der Waals surface area contributed by atoms with Crippen molar-refractivity contribution in [3.8, 4) is 11.4 Å². The smallest absolute Gasteiger partial charge is 0.244 e. The molecule has 1 aliphatic rings. The quantitative estimate of drug-likeness (QED) is 0.897. The lowest BCUT2D eigenvalue weighted by atomic mass is 10.0. The largest absolute Gasteiger partial charge is 0.392 e. The molecule has 1 fully saturated rings. The molecule has 0 unspecified atom stereocenters. The highest BCUT2D eigenvalue weighted by Gasteiger charge is 2.28. The van der Waals surface area contributed by atoms with Crippen LogP contribution < -0.4 is 5.32 Å². The van der Waals surface area contributed by atoms with Crippen molar-refractivity contribution in [3.63, 3.8) is 0 Å². The van der Waals surface area contributed by atoms with E-state index in [1.54, 1.807) is 0 Å². The highest BCUT2D eigenvalue weighted by Crippen LogP contribution is 2.25. The summed E-state index contributed by atoms with van der Waals surface area (Å²) in [5, 5.41) is 16.7. The second-order valence-corrected chi connectivity index (χ2v) is 5.58. The molecule has 2 atom stereocenters. The lowest BCUT2D eigenvalue weighted by molar-refractivity contribution is 0.191. The van der Waals surface area contributed by atoms with Gasteiger partial charge in [-0.1, -0.05) is 43.3 Å². The zero-order chi connectivity index (χ0) is 14.1. The van der Waals surface area contributed by atoms with Crippen LogP contribution in [-0.4, -0.2) is 27.9 Å². The number of hydrogen-bond donors (Lipinski definition) is 2. The van der Waals surface area contributed by atoms with Crippen LogP contribution in [0.1, 0.15) is 43.7 Å². The zero-order valence-electron chi connectivity index (χ0n) is 11.7. The van der Waals surface area contributed by atoms with Gasteiger partial charge in [0, 0.05) is 12.1 Å². The molecule has 0 spiro atoms. The van der Waals surface area contributed by atoms with Gasteiger partial charge in [0.1, 0.15) is 0 Å². The van der Waals surface area contributed by atoms with Crippen LogP contribution in [0.2, 0.25) is 0 Å². The summed E-state index contributed by atoms with van der Waals surface area (Å²) in [6, 6.07) is 8.17. The topological polar surface area (TPSA) is 71.2 Å². The second kappa shape index (κ2) is 5.34. The molecule has 2 N–H and O–H groups in total. The minimum atomic E-state index is -0.333. The summed E-state index contributed by atoms with van der Waals surface area (Å²) in [7, 11) is 0. The third-order valence-electron chi connectivity index (χ3n) is 3.68. The Balaban J connectivity index is 1.79. The van der Waals surface area contributed by atoms with Crippen LogP contribution >= 0.6 is 0 Å². The van der Waals surface area contributed by atoms with E-state index in [0.717, 1.165) is 5.56 Å². The maximum atomic E-state index is 9.51. The van der Waals surface area contributed by atoms with Gasteiger partial charge in [0.15, 0.2) is 0 Å². The summed E-state index contributed by atoms with van der Waals surface area (Å²) in [5.41, 5.74) is 2.24.